The summed E-state index contributed by atoms with van der Waals surface area (Å²) in [5.41, 5.74) is 0.582. The van der Waals surface area contributed by atoms with Crippen molar-refractivity contribution < 1.29 is 15.0 Å². The molecule has 0 saturated carbocycles. The Morgan fingerprint density at radius 2 is 2.24 bits per heavy atom. The molecule has 17 heavy (non-hydrogen) atoms. The third-order valence-corrected chi connectivity index (χ3v) is 2.60. The zero-order valence-corrected chi connectivity index (χ0v) is 10.4. The zero-order chi connectivity index (χ0) is 12.8. The van der Waals surface area contributed by atoms with Gasteiger partial charge in [0.05, 0.1) is 11.7 Å². The lowest BCUT2D eigenvalue weighted by Gasteiger charge is -2.13. The van der Waals surface area contributed by atoms with Crippen LogP contribution in [0.4, 0.5) is 5.69 Å². The maximum atomic E-state index is 11.0. The van der Waals surface area contributed by atoms with Gasteiger partial charge in [0.2, 0.25) is 0 Å². The highest BCUT2D eigenvalue weighted by molar-refractivity contribution is 6.31. The first-order valence-electron chi connectivity index (χ1n) is 5.49. The van der Waals surface area contributed by atoms with Gasteiger partial charge < -0.3 is 15.5 Å². The SMILES string of the molecule is CCCC(O)CNc1ccc(Cl)cc1C(=O)O. The van der Waals surface area contributed by atoms with Crippen molar-refractivity contribution in [2.45, 2.75) is 25.9 Å². The highest BCUT2D eigenvalue weighted by Crippen LogP contribution is 2.20. The second-order valence-corrected chi connectivity index (χ2v) is 4.25. The van der Waals surface area contributed by atoms with Gasteiger partial charge in [-0.3, -0.25) is 0 Å². The van der Waals surface area contributed by atoms with E-state index in [2.05, 4.69) is 5.32 Å². The highest BCUT2D eigenvalue weighted by atomic mass is 35.5. The van der Waals surface area contributed by atoms with Crippen molar-refractivity contribution in [1.82, 2.24) is 0 Å². The van der Waals surface area contributed by atoms with Crippen LogP contribution in [0.15, 0.2) is 18.2 Å². The first-order chi connectivity index (χ1) is 8.04. The molecule has 0 aliphatic heterocycles. The molecule has 3 N–H and O–H groups in total. The maximum absolute atomic E-state index is 11.0. The summed E-state index contributed by atoms with van der Waals surface area (Å²) >= 11 is 5.73. The molecule has 0 spiro atoms. The van der Waals surface area contributed by atoms with Crippen molar-refractivity contribution in [1.29, 1.82) is 0 Å². The Bertz CT molecular complexity index is 395. The lowest BCUT2D eigenvalue weighted by atomic mass is 10.1. The summed E-state index contributed by atoms with van der Waals surface area (Å²) < 4.78 is 0. The van der Waals surface area contributed by atoms with Gasteiger partial charge in [0.1, 0.15) is 0 Å². The lowest BCUT2D eigenvalue weighted by molar-refractivity contribution is 0.0697. The van der Waals surface area contributed by atoms with Gasteiger partial charge in [0.15, 0.2) is 0 Å². The van der Waals surface area contributed by atoms with Crippen molar-refractivity contribution in [3.63, 3.8) is 0 Å². The normalized spacial score (nSPS) is 12.2. The number of hydrogen-bond acceptors (Lipinski definition) is 3. The monoisotopic (exact) mass is 257 g/mol. The number of aliphatic hydroxyl groups excluding tert-OH is 1. The van der Waals surface area contributed by atoms with Crippen LogP contribution < -0.4 is 5.32 Å². The van der Waals surface area contributed by atoms with Gasteiger partial charge >= 0.3 is 5.97 Å². The summed E-state index contributed by atoms with van der Waals surface area (Å²) in [7, 11) is 0. The van der Waals surface area contributed by atoms with Crippen LogP contribution in [-0.2, 0) is 0 Å². The van der Waals surface area contributed by atoms with Crippen LogP contribution in [0.2, 0.25) is 5.02 Å². The number of carbonyl (C=O) groups is 1. The Morgan fingerprint density at radius 3 is 2.82 bits per heavy atom. The number of hydrogen-bond donors (Lipinski definition) is 3. The van der Waals surface area contributed by atoms with Gasteiger partial charge in [0, 0.05) is 17.3 Å². The van der Waals surface area contributed by atoms with E-state index in [1.54, 1.807) is 12.1 Å². The third-order valence-electron chi connectivity index (χ3n) is 2.36. The standard InChI is InChI=1S/C12H16ClNO3/c1-2-3-9(15)7-14-11-5-4-8(13)6-10(11)12(16)17/h4-6,9,14-15H,2-3,7H2,1H3,(H,16,17). The zero-order valence-electron chi connectivity index (χ0n) is 9.61. The largest absolute Gasteiger partial charge is 0.478 e. The molecule has 0 aliphatic carbocycles. The van der Waals surface area contributed by atoms with Gasteiger partial charge in [-0.2, -0.15) is 0 Å². The predicted octanol–water partition coefficient (Wildman–Crippen LogP) is 2.61. The van der Waals surface area contributed by atoms with Crippen LogP contribution in [0.5, 0.6) is 0 Å². The van der Waals surface area contributed by atoms with Crippen LogP contribution in [-0.4, -0.2) is 28.8 Å². The number of carboxylic acid groups (broad SMARTS) is 1. The molecule has 0 heterocycles. The fraction of sp³-hybridized carbons (Fsp3) is 0.417. The number of rotatable bonds is 6. The number of benzene rings is 1. The number of nitrogens with one attached hydrogen (secondary N) is 1. The second-order valence-electron chi connectivity index (χ2n) is 3.82. The molecule has 1 aromatic rings. The molecule has 0 bridgehead atoms. The van der Waals surface area contributed by atoms with Gasteiger partial charge in [-0.15, -0.1) is 0 Å². The van der Waals surface area contributed by atoms with Crippen molar-refractivity contribution >= 4 is 23.3 Å². The highest BCUT2D eigenvalue weighted by Gasteiger charge is 2.11. The first-order valence-corrected chi connectivity index (χ1v) is 5.87. The minimum atomic E-state index is -1.04. The molecular formula is C12H16ClNO3. The van der Waals surface area contributed by atoms with Crippen molar-refractivity contribution in [3.8, 4) is 0 Å². The van der Waals surface area contributed by atoms with E-state index >= 15 is 0 Å². The van der Waals surface area contributed by atoms with Crippen LogP contribution >= 0.6 is 11.6 Å². The molecule has 0 amide bonds. The summed E-state index contributed by atoms with van der Waals surface area (Å²) in [4.78, 5) is 11.0. The molecule has 1 aromatic carbocycles. The minimum absolute atomic E-state index is 0.112. The molecule has 0 saturated heterocycles. The molecule has 4 nitrogen and oxygen atoms in total. The Morgan fingerprint density at radius 1 is 1.53 bits per heavy atom. The molecule has 1 atom stereocenters. The smallest absolute Gasteiger partial charge is 0.337 e. The van der Waals surface area contributed by atoms with Crippen molar-refractivity contribution in [2.75, 3.05) is 11.9 Å². The number of carboxylic acids is 1. The Hall–Kier alpha value is -1.26. The van der Waals surface area contributed by atoms with Gasteiger partial charge in [-0.1, -0.05) is 24.9 Å². The molecule has 1 unspecified atom stereocenters. The lowest BCUT2D eigenvalue weighted by Crippen LogP contribution is -2.20. The molecule has 5 heteroatoms. The van der Waals surface area contributed by atoms with Crippen molar-refractivity contribution in [2.24, 2.45) is 0 Å². The average molecular weight is 258 g/mol. The number of anilines is 1. The van der Waals surface area contributed by atoms with Crippen LogP contribution in [0, 0.1) is 0 Å². The molecule has 0 radical (unpaired) electrons. The first kappa shape index (κ1) is 13.8. The second kappa shape index (κ2) is 6.47. The van der Waals surface area contributed by atoms with E-state index in [9.17, 15) is 9.90 Å². The number of aromatic carboxylic acids is 1. The molecule has 0 fully saturated rings. The number of aliphatic hydroxyl groups is 1. The van der Waals surface area contributed by atoms with E-state index in [4.69, 9.17) is 16.7 Å². The molecule has 0 aromatic heterocycles. The summed E-state index contributed by atoms with van der Waals surface area (Å²) in [6.45, 7) is 2.31. The van der Waals surface area contributed by atoms with E-state index in [1.807, 2.05) is 6.92 Å². The predicted molar refractivity (Wildman–Crippen MR) is 67.8 cm³/mol. The van der Waals surface area contributed by atoms with Gasteiger partial charge in [-0.05, 0) is 24.6 Å². The van der Waals surface area contributed by atoms with Crippen molar-refractivity contribution in [3.05, 3.63) is 28.8 Å². The fourth-order valence-corrected chi connectivity index (χ4v) is 1.68. The van der Waals surface area contributed by atoms with E-state index in [-0.39, 0.29) is 5.56 Å². The van der Waals surface area contributed by atoms with Gasteiger partial charge in [-0.25, -0.2) is 4.79 Å². The van der Waals surface area contributed by atoms with E-state index in [1.165, 1.54) is 6.07 Å². The summed E-state index contributed by atoms with van der Waals surface area (Å²) in [5.74, 6) is -1.04. The third kappa shape index (κ3) is 4.24. The number of halogens is 1. The van der Waals surface area contributed by atoms with E-state index in [0.29, 0.717) is 23.7 Å². The molecule has 1 rings (SSSR count). The maximum Gasteiger partial charge on any atom is 0.337 e. The minimum Gasteiger partial charge on any atom is -0.478 e. The molecule has 0 aliphatic rings. The quantitative estimate of drug-likeness (QED) is 0.733. The van der Waals surface area contributed by atoms with Crippen LogP contribution in [0.3, 0.4) is 0 Å². The van der Waals surface area contributed by atoms with Crippen LogP contribution in [0.25, 0.3) is 0 Å². The average Bonchev–Trinajstić information content (AvgIpc) is 2.27. The van der Waals surface area contributed by atoms with Gasteiger partial charge in [0.25, 0.3) is 0 Å². The Balaban J connectivity index is 2.73. The van der Waals surface area contributed by atoms with E-state index < -0.39 is 12.1 Å². The molecular weight excluding hydrogens is 242 g/mol. The summed E-state index contributed by atoms with van der Waals surface area (Å²) in [6.07, 6.45) is 1.09. The summed E-state index contributed by atoms with van der Waals surface area (Å²) in [5, 5.41) is 21.8. The summed E-state index contributed by atoms with van der Waals surface area (Å²) in [6, 6.07) is 4.60. The Labute approximate surface area is 105 Å². The van der Waals surface area contributed by atoms with E-state index in [0.717, 1.165) is 6.42 Å². The Kier molecular flexibility index (Phi) is 5.25. The fourth-order valence-electron chi connectivity index (χ4n) is 1.51. The molecule has 94 valence electrons. The van der Waals surface area contributed by atoms with Crippen LogP contribution in [0.1, 0.15) is 30.1 Å². The topological polar surface area (TPSA) is 69.6 Å².